The highest BCUT2D eigenvalue weighted by atomic mass is 79.9. The predicted octanol–water partition coefficient (Wildman–Crippen LogP) is 3.96. The summed E-state index contributed by atoms with van der Waals surface area (Å²) in [4.78, 5) is 12.9. The lowest BCUT2D eigenvalue weighted by molar-refractivity contribution is 0.0830. The fourth-order valence-corrected chi connectivity index (χ4v) is 4.73. The maximum absolute atomic E-state index is 9.84. The molecule has 1 N–H and O–H groups in total. The Bertz CT molecular complexity index is 767. The molecule has 0 radical (unpaired) electrons. The number of imidazole rings is 1. The Morgan fingerprint density at radius 3 is 2.46 bits per heavy atom. The van der Waals surface area contributed by atoms with Crippen molar-refractivity contribution < 1.29 is 0 Å². The SMILES string of the molecule is N#CC(c1[nH]c(-c2ccccc2)nc1Br)N1CCN(C2CCCC2)CC1. The Morgan fingerprint density at radius 1 is 1.12 bits per heavy atom. The summed E-state index contributed by atoms with van der Waals surface area (Å²) < 4.78 is 0.737. The topological polar surface area (TPSA) is 59.0 Å². The summed E-state index contributed by atoms with van der Waals surface area (Å²) in [6.07, 6.45) is 5.42. The van der Waals surface area contributed by atoms with Gasteiger partial charge >= 0.3 is 0 Å². The van der Waals surface area contributed by atoms with Gasteiger partial charge in [-0.25, -0.2) is 4.98 Å². The van der Waals surface area contributed by atoms with Gasteiger partial charge in [-0.2, -0.15) is 5.26 Å². The molecule has 2 fully saturated rings. The van der Waals surface area contributed by atoms with Crippen LogP contribution in [0.2, 0.25) is 0 Å². The van der Waals surface area contributed by atoms with Gasteiger partial charge in [-0.3, -0.25) is 9.80 Å². The summed E-state index contributed by atoms with van der Waals surface area (Å²) in [6.45, 7) is 3.97. The van der Waals surface area contributed by atoms with Gasteiger partial charge in [0.1, 0.15) is 16.5 Å². The van der Waals surface area contributed by atoms with Crippen molar-refractivity contribution in [2.45, 2.75) is 37.8 Å². The van der Waals surface area contributed by atoms with Crippen LogP contribution in [0.25, 0.3) is 11.4 Å². The van der Waals surface area contributed by atoms with E-state index in [9.17, 15) is 5.26 Å². The number of halogens is 1. The minimum absolute atomic E-state index is 0.292. The Morgan fingerprint density at radius 2 is 1.81 bits per heavy atom. The Balaban J connectivity index is 1.48. The molecule has 4 rings (SSSR count). The maximum atomic E-state index is 9.84. The highest BCUT2D eigenvalue weighted by Crippen LogP contribution is 2.31. The number of nitriles is 1. The number of nitrogens with one attached hydrogen (secondary N) is 1. The predicted molar refractivity (Wildman–Crippen MR) is 105 cm³/mol. The van der Waals surface area contributed by atoms with Crippen molar-refractivity contribution in [3.05, 3.63) is 40.6 Å². The Hall–Kier alpha value is -1.68. The minimum atomic E-state index is -0.292. The fourth-order valence-electron chi connectivity index (χ4n) is 4.24. The van der Waals surface area contributed by atoms with Crippen molar-refractivity contribution in [1.29, 1.82) is 5.26 Å². The second-order valence-electron chi connectivity index (χ2n) is 7.20. The number of hydrogen-bond donors (Lipinski definition) is 1. The van der Waals surface area contributed by atoms with Crippen LogP contribution >= 0.6 is 15.9 Å². The van der Waals surface area contributed by atoms with Gasteiger partial charge in [0.15, 0.2) is 0 Å². The van der Waals surface area contributed by atoms with Crippen molar-refractivity contribution in [3.63, 3.8) is 0 Å². The van der Waals surface area contributed by atoms with Crippen LogP contribution in [0.3, 0.4) is 0 Å². The molecule has 2 heterocycles. The molecule has 0 spiro atoms. The molecular weight excluding hydrogens is 390 g/mol. The van der Waals surface area contributed by atoms with E-state index in [1.165, 1.54) is 25.7 Å². The molecule has 1 unspecified atom stereocenters. The first-order chi connectivity index (χ1) is 12.8. The molecule has 1 saturated heterocycles. The number of rotatable bonds is 4. The van der Waals surface area contributed by atoms with Crippen molar-refractivity contribution in [1.82, 2.24) is 19.8 Å². The van der Waals surface area contributed by atoms with E-state index in [0.717, 1.165) is 53.9 Å². The monoisotopic (exact) mass is 413 g/mol. The average Bonchev–Trinajstić information content (AvgIpc) is 3.35. The van der Waals surface area contributed by atoms with Gasteiger partial charge in [0, 0.05) is 37.8 Å². The molecule has 26 heavy (non-hydrogen) atoms. The van der Waals surface area contributed by atoms with Crippen LogP contribution in [0.15, 0.2) is 34.9 Å². The number of aromatic amines is 1. The van der Waals surface area contributed by atoms with Crippen molar-refractivity contribution >= 4 is 15.9 Å². The quantitative estimate of drug-likeness (QED) is 0.823. The zero-order valence-electron chi connectivity index (χ0n) is 14.9. The van der Waals surface area contributed by atoms with Crippen LogP contribution < -0.4 is 0 Å². The number of hydrogen-bond acceptors (Lipinski definition) is 4. The number of nitrogens with zero attached hydrogens (tertiary/aromatic N) is 4. The van der Waals surface area contributed by atoms with Crippen LogP contribution in [-0.2, 0) is 0 Å². The Labute approximate surface area is 163 Å². The second-order valence-corrected chi connectivity index (χ2v) is 7.95. The molecule has 1 aliphatic carbocycles. The third-order valence-electron chi connectivity index (χ3n) is 5.68. The van der Waals surface area contributed by atoms with Crippen LogP contribution in [-0.4, -0.2) is 52.0 Å². The number of benzene rings is 1. The molecule has 1 aromatic heterocycles. The van der Waals surface area contributed by atoms with Crippen LogP contribution in [0, 0.1) is 11.3 Å². The van der Waals surface area contributed by atoms with Gasteiger partial charge in [-0.05, 0) is 28.8 Å². The molecule has 1 aromatic carbocycles. The number of aromatic nitrogens is 2. The molecule has 0 amide bonds. The van der Waals surface area contributed by atoms with Gasteiger partial charge in [-0.15, -0.1) is 0 Å². The first-order valence-corrected chi connectivity index (χ1v) is 10.2. The molecule has 6 heteroatoms. The largest absolute Gasteiger partial charge is 0.339 e. The van der Waals surface area contributed by atoms with E-state index < -0.39 is 0 Å². The van der Waals surface area contributed by atoms with Gasteiger partial charge in [0.25, 0.3) is 0 Å². The molecule has 1 atom stereocenters. The summed E-state index contributed by atoms with van der Waals surface area (Å²) in [5, 5.41) is 9.84. The normalized spacial score (nSPS) is 20.9. The summed E-state index contributed by atoms with van der Waals surface area (Å²) in [5.74, 6) is 0.803. The summed E-state index contributed by atoms with van der Waals surface area (Å²) in [6, 6.07) is 13.0. The van der Waals surface area contributed by atoms with Crippen LogP contribution in [0.4, 0.5) is 0 Å². The highest BCUT2D eigenvalue weighted by molar-refractivity contribution is 9.10. The minimum Gasteiger partial charge on any atom is -0.339 e. The lowest BCUT2D eigenvalue weighted by Gasteiger charge is -2.39. The number of piperazine rings is 1. The van der Waals surface area contributed by atoms with Crippen molar-refractivity contribution in [2.24, 2.45) is 0 Å². The molecule has 1 aliphatic heterocycles. The third kappa shape index (κ3) is 3.57. The van der Waals surface area contributed by atoms with E-state index in [1.54, 1.807) is 0 Å². The first kappa shape index (κ1) is 17.7. The van der Waals surface area contributed by atoms with E-state index in [-0.39, 0.29) is 6.04 Å². The smallest absolute Gasteiger partial charge is 0.141 e. The van der Waals surface area contributed by atoms with Crippen molar-refractivity contribution in [2.75, 3.05) is 26.2 Å². The van der Waals surface area contributed by atoms with E-state index >= 15 is 0 Å². The van der Waals surface area contributed by atoms with Gasteiger partial charge < -0.3 is 4.98 Å². The summed E-state index contributed by atoms with van der Waals surface area (Å²) >= 11 is 3.56. The molecule has 2 aromatic rings. The van der Waals surface area contributed by atoms with E-state index in [4.69, 9.17) is 0 Å². The second kappa shape index (κ2) is 7.91. The maximum Gasteiger partial charge on any atom is 0.141 e. The highest BCUT2D eigenvalue weighted by Gasteiger charge is 2.31. The first-order valence-electron chi connectivity index (χ1n) is 9.45. The van der Waals surface area contributed by atoms with E-state index in [2.05, 4.69) is 41.8 Å². The van der Waals surface area contributed by atoms with Gasteiger partial charge in [-0.1, -0.05) is 43.2 Å². The molecule has 5 nitrogen and oxygen atoms in total. The van der Waals surface area contributed by atoms with Crippen LogP contribution in [0.1, 0.15) is 37.4 Å². The standard InChI is InChI=1S/C20H24BrN5/c21-19-18(23-20(24-19)15-6-2-1-3-7-15)17(14-22)26-12-10-25(11-13-26)16-8-4-5-9-16/h1-3,6-7,16-17H,4-5,8-13H2,(H,23,24). The molecule has 0 bridgehead atoms. The average molecular weight is 414 g/mol. The van der Waals surface area contributed by atoms with Crippen molar-refractivity contribution in [3.8, 4) is 17.5 Å². The lowest BCUT2D eigenvalue weighted by atomic mass is 10.1. The van der Waals surface area contributed by atoms with Gasteiger partial charge in [0.2, 0.25) is 0 Å². The number of H-pyrrole nitrogens is 1. The zero-order valence-corrected chi connectivity index (χ0v) is 16.5. The van der Waals surface area contributed by atoms with E-state index in [0.29, 0.717) is 0 Å². The molecular formula is C20H24BrN5. The van der Waals surface area contributed by atoms with E-state index in [1.807, 2.05) is 30.3 Å². The Kier molecular flexibility index (Phi) is 5.39. The summed E-state index contributed by atoms with van der Waals surface area (Å²) in [5.41, 5.74) is 1.89. The summed E-state index contributed by atoms with van der Waals surface area (Å²) in [7, 11) is 0. The lowest BCUT2D eigenvalue weighted by Crippen LogP contribution is -2.50. The molecule has 136 valence electrons. The molecule has 1 saturated carbocycles. The zero-order chi connectivity index (χ0) is 17.9. The fraction of sp³-hybridized carbons (Fsp3) is 0.500. The molecule has 2 aliphatic rings. The van der Waals surface area contributed by atoms with Gasteiger partial charge in [0.05, 0.1) is 11.8 Å². The third-order valence-corrected chi connectivity index (χ3v) is 6.29. The van der Waals surface area contributed by atoms with Crippen LogP contribution in [0.5, 0.6) is 0 Å².